The van der Waals surface area contributed by atoms with Gasteiger partial charge in [0.1, 0.15) is 29.6 Å². The number of aliphatic hydroxyl groups is 1. The van der Waals surface area contributed by atoms with E-state index < -0.39 is 11.2 Å². The van der Waals surface area contributed by atoms with E-state index in [0.717, 1.165) is 11.3 Å². The van der Waals surface area contributed by atoms with Gasteiger partial charge in [0.2, 0.25) is 0 Å². The summed E-state index contributed by atoms with van der Waals surface area (Å²) in [6.07, 6.45) is 2.75. The molecule has 0 aromatic heterocycles. The van der Waals surface area contributed by atoms with Crippen LogP contribution in [-0.2, 0) is 17.6 Å². The quantitative estimate of drug-likeness (QED) is 0.807. The van der Waals surface area contributed by atoms with Crippen molar-refractivity contribution in [2.45, 2.75) is 38.4 Å². The Balaban J connectivity index is 1.91. The van der Waals surface area contributed by atoms with Crippen LogP contribution in [-0.4, -0.2) is 23.9 Å². The highest BCUT2D eigenvalue weighted by Crippen LogP contribution is 2.59. The highest BCUT2D eigenvalue weighted by molar-refractivity contribution is 5.61. The highest BCUT2D eigenvalue weighted by Gasteiger charge is 2.62. The third kappa shape index (κ3) is 2.42. The summed E-state index contributed by atoms with van der Waals surface area (Å²) in [5, 5.41) is 21.4. The minimum Gasteiger partial charge on any atom is -0.508 e. The maximum Gasteiger partial charge on any atom is 0.171 e. The van der Waals surface area contributed by atoms with Gasteiger partial charge in [0.25, 0.3) is 0 Å². The molecule has 0 bridgehead atoms. The predicted molar refractivity (Wildman–Crippen MR) is 102 cm³/mol. The van der Waals surface area contributed by atoms with E-state index in [9.17, 15) is 10.2 Å². The maximum absolute atomic E-state index is 11.6. The van der Waals surface area contributed by atoms with Crippen molar-refractivity contribution in [2.75, 3.05) is 13.7 Å². The topological polar surface area (TPSA) is 68.2 Å². The van der Waals surface area contributed by atoms with Crippen molar-refractivity contribution >= 4 is 0 Å². The molecule has 2 atom stereocenters. The Morgan fingerprint density at radius 1 is 1.22 bits per heavy atom. The van der Waals surface area contributed by atoms with Gasteiger partial charge in [0, 0.05) is 22.8 Å². The molecule has 2 aliphatic rings. The highest BCUT2D eigenvalue weighted by atomic mass is 16.6. The largest absolute Gasteiger partial charge is 0.508 e. The van der Waals surface area contributed by atoms with E-state index >= 15 is 0 Å². The molecule has 2 N–H and O–H groups in total. The minimum absolute atomic E-state index is 0.0430. The van der Waals surface area contributed by atoms with E-state index in [1.165, 1.54) is 5.57 Å². The van der Waals surface area contributed by atoms with Crippen molar-refractivity contribution < 1.29 is 24.4 Å². The van der Waals surface area contributed by atoms with Crippen molar-refractivity contribution in [3.8, 4) is 23.0 Å². The van der Waals surface area contributed by atoms with Gasteiger partial charge in [-0.25, -0.2) is 0 Å². The average molecular weight is 368 g/mol. The standard InChI is InChI=1S/C22H24O5/c1-13(2)5-7-15-18(25-4)10-9-17-20(15)27-21(3)16-8-6-14(23)11-19(16)26-12-22(17,21)24/h5-6,8-11,23-24H,7,12H2,1-4H3/t21-,22+/m0/s1. The van der Waals surface area contributed by atoms with Crippen molar-refractivity contribution in [2.24, 2.45) is 0 Å². The van der Waals surface area contributed by atoms with E-state index in [0.29, 0.717) is 29.0 Å². The monoisotopic (exact) mass is 368 g/mol. The molecular formula is C22H24O5. The first kappa shape index (κ1) is 17.7. The second-order valence-electron chi connectivity index (χ2n) is 7.57. The molecular weight excluding hydrogens is 344 g/mol. The van der Waals surface area contributed by atoms with Crippen molar-refractivity contribution in [1.82, 2.24) is 0 Å². The maximum atomic E-state index is 11.6. The summed E-state index contributed by atoms with van der Waals surface area (Å²) in [7, 11) is 1.63. The van der Waals surface area contributed by atoms with Gasteiger partial charge in [-0.15, -0.1) is 0 Å². The third-order valence-corrected chi connectivity index (χ3v) is 5.61. The molecule has 2 aromatic carbocycles. The number of allylic oxidation sites excluding steroid dienone is 2. The molecule has 4 rings (SSSR count). The number of rotatable bonds is 3. The van der Waals surface area contributed by atoms with Crippen LogP contribution in [0.1, 0.15) is 37.5 Å². The van der Waals surface area contributed by atoms with Gasteiger partial charge in [-0.2, -0.15) is 0 Å². The molecule has 0 unspecified atom stereocenters. The Morgan fingerprint density at radius 3 is 2.67 bits per heavy atom. The third-order valence-electron chi connectivity index (χ3n) is 5.61. The summed E-state index contributed by atoms with van der Waals surface area (Å²) in [6.45, 7) is 5.99. The van der Waals surface area contributed by atoms with Crippen LogP contribution in [0.5, 0.6) is 23.0 Å². The Hall–Kier alpha value is -2.66. The van der Waals surface area contributed by atoms with Crippen molar-refractivity contribution in [3.05, 3.63) is 58.7 Å². The minimum atomic E-state index is -1.34. The number of benzene rings is 2. The molecule has 0 spiro atoms. The number of phenols is 1. The molecule has 2 aromatic rings. The molecule has 27 heavy (non-hydrogen) atoms. The van der Waals surface area contributed by atoms with Crippen molar-refractivity contribution in [3.63, 3.8) is 0 Å². The van der Waals surface area contributed by atoms with Gasteiger partial charge in [0.15, 0.2) is 11.2 Å². The Morgan fingerprint density at radius 2 is 1.96 bits per heavy atom. The molecule has 0 fully saturated rings. The molecule has 5 heteroatoms. The molecule has 0 radical (unpaired) electrons. The van der Waals surface area contributed by atoms with Gasteiger partial charge in [-0.3, -0.25) is 0 Å². The van der Waals surface area contributed by atoms with Gasteiger partial charge >= 0.3 is 0 Å². The predicted octanol–water partition coefficient (Wildman–Crippen LogP) is 3.80. The number of aromatic hydroxyl groups is 1. The number of phenolic OH excluding ortho intramolecular Hbond substituents is 1. The number of methoxy groups -OCH3 is 1. The lowest BCUT2D eigenvalue weighted by Gasteiger charge is -2.42. The zero-order chi connectivity index (χ0) is 19.4. The molecule has 2 heterocycles. The number of ether oxygens (including phenoxy) is 3. The van der Waals surface area contributed by atoms with Gasteiger partial charge in [0.05, 0.1) is 7.11 Å². The first-order chi connectivity index (χ1) is 12.8. The Kier molecular flexibility index (Phi) is 3.89. The summed E-state index contributed by atoms with van der Waals surface area (Å²) in [5.41, 5.74) is 1.14. The van der Waals surface area contributed by atoms with Crippen LogP contribution in [0.15, 0.2) is 42.0 Å². The van der Waals surface area contributed by atoms with Crippen molar-refractivity contribution in [1.29, 1.82) is 0 Å². The fraction of sp³-hybridized carbons (Fsp3) is 0.364. The lowest BCUT2D eigenvalue weighted by atomic mass is 9.74. The molecule has 142 valence electrons. The summed E-state index contributed by atoms with van der Waals surface area (Å²) in [5.74, 6) is 2.00. The van der Waals surface area contributed by atoms with Crippen LogP contribution in [0.25, 0.3) is 0 Å². The zero-order valence-electron chi connectivity index (χ0n) is 16.0. The summed E-state index contributed by atoms with van der Waals surface area (Å²) in [6, 6.07) is 8.59. The lowest BCUT2D eigenvalue weighted by molar-refractivity contribution is -0.145. The van der Waals surface area contributed by atoms with E-state index in [4.69, 9.17) is 14.2 Å². The second kappa shape index (κ2) is 5.92. The Labute approximate surface area is 158 Å². The van der Waals surface area contributed by atoms with Crippen LogP contribution in [0, 0.1) is 0 Å². The zero-order valence-corrected chi connectivity index (χ0v) is 16.0. The fourth-order valence-electron chi connectivity index (χ4n) is 3.99. The van der Waals surface area contributed by atoms with Crippen LogP contribution in [0.2, 0.25) is 0 Å². The SMILES string of the molecule is COc1ccc2c(c1CC=C(C)C)O[C@@]1(C)c3ccc(O)cc3OC[C@@]21O. The summed E-state index contributed by atoms with van der Waals surface area (Å²) in [4.78, 5) is 0. The number of fused-ring (bicyclic) bond motifs is 5. The molecule has 0 aliphatic carbocycles. The normalized spacial score (nSPS) is 24.8. The van der Waals surface area contributed by atoms with Crippen LogP contribution in [0.4, 0.5) is 0 Å². The van der Waals surface area contributed by atoms with E-state index in [-0.39, 0.29) is 12.4 Å². The summed E-state index contributed by atoms with van der Waals surface area (Å²) < 4.78 is 17.8. The second-order valence-corrected chi connectivity index (χ2v) is 7.57. The Bertz CT molecular complexity index is 944. The first-order valence-electron chi connectivity index (χ1n) is 9.01. The van der Waals surface area contributed by atoms with Crippen LogP contribution >= 0.6 is 0 Å². The van der Waals surface area contributed by atoms with E-state index in [1.807, 2.05) is 32.9 Å². The van der Waals surface area contributed by atoms with Crippen LogP contribution in [0.3, 0.4) is 0 Å². The molecule has 0 saturated carbocycles. The van der Waals surface area contributed by atoms with Gasteiger partial charge in [-0.05, 0) is 51.5 Å². The number of hydrogen-bond acceptors (Lipinski definition) is 5. The smallest absolute Gasteiger partial charge is 0.171 e. The molecule has 2 aliphatic heterocycles. The van der Waals surface area contributed by atoms with Crippen LogP contribution < -0.4 is 14.2 Å². The number of hydrogen-bond donors (Lipinski definition) is 2. The first-order valence-corrected chi connectivity index (χ1v) is 9.01. The lowest BCUT2D eigenvalue weighted by Crippen LogP contribution is -2.53. The van der Waals surface area contributed by atoms with Gasteiger partial charge in [-0.1, -0.05) is 11.6 Å². The molecule has 0 amide bonds. The fourth-order valence-corrected chi connectivity index (χ4v) is 3.99. The average Bonchev–Trinajstić information content (AvgIpc) is 2.87. The molecule has 0 saturated heterocycles. The van der Waals surface area contributed by atoms with Gasteiger partial charge < -0.3 is 24.4 Å². The van der Waals surface area contributed by atoms with E-state index in [1.54, 1.807) is 25.3 Å². The molecule has 5 nitrogen and oxygen atoms in total. The summed E-state index contributed by atoms with van der Waals surface area (Å²) >= 11 is 0. The van der Waals surface area contributed by atoms with E-state index in [2.05, 4.69) is 6.08 Å².